The van der Waals surface area contributed by atoms with Crippen molar-refractivity contribution < 1.29 is 30.7 Å². The number of benzene rings is 1. The number of hydrogen-bond acceptors (Lipinski definition) is 3. The molecule has 0 unspecified atom stereocenters. The summed E-state index contributed by atoms with van der Waals surface area (Å²) in [6.45, 7) is 0. The predicted octanol–water partition coefficient (Wildman–Crippen LogP) is 1.37. The first kappa shape index (κ1) is 12.7. The lowest BCUT2D eigenvalue weighted by atomic mass is 10.3. The Morgan fingerprint density at radius 3 is 2.25 bits per heavy atom. The topological polar surface area (TPSA) is 69.4 Å². The van der Waals surface area contributed by atoms with Gasteiger partial charge >= 0.3 is 6.36 Å². The first-order chi connectivity index (χ1) is 7.09. The molecule has 0 fully saturated rings. The van der Waals surface area contributed by atoms with Gasteiger partial charge in [0.2, 0.25) is 10.0 Å². The molecule has 0 aliphatic carbocycles. The first-order valence-corrected chi connectivity index (χ1v) is 5.22. The van der Waals surface area contributed by atoms with Crippen molar-refractivity contribution in [3.8, 4) is 5.75 Å². The fraction of sp³-hybridized carbons (Fsp3) is 0.143. The molecule has 0 aliphatic rings. The second kappa shape index (κ2) is 3.91. The average Bonchev–Trinajstić information content (AvgIpc) is 2.04. The van der Waals surface area contributed by atoms with Crippen LogP contribution < -0.4 is 9.88 Å². The number of hydrogen-bond donors (Lipinski definition) is 1. The van der Waals surface area contributed by atoms with Crippen LogP contribution in [0.1, 0.15) is 0 Å². The van der Waals surface area contributed by atoms with Crippen LogP contribution in [0.4, 0.5) is 17.6 Å². The second-order valence-corrected chi connectivity index (χ2v) is 4.21. The maximum absolute atomic E-state index is 12.9. The fourth-order valence-corrected chi connectivity index (χ4v) is 1.52. The Hall–Kier alpha value is -1.35. The van der Waals surface area contributed by atoms with Gasteiger partial charge in [0.1, 0.15) is 16.5 Å². The molecule has 4 nitrogen and oxygen atoms in total. The maximum atomic E-state index is 12.9. The van der Waals surface area contributed by atoms with E-state index in [1.54, 1.807) is 0 Å². The van der Waals surface area contributed by atoms with E-state index in [1.165, 1.54) is 0 Å². The minimum atomic E-state index is -4.99. The Morgan fingerprint density at radius 1 is 1.25 bits per heavy atom. The Kier molecular flexibility index (Phi) is 3.10. The molecule has 0 heterocycles. The number of primary sulfonamides is 1. The van der Waals surface area contributed by atoms with Crippen LogP contribution in [0.15, 0.2) is 23.1 Å². The van der Waals surface area contributed by atoms with Gasteiger partial charge in [0, 0.05) is 6.07 Å². The average molecular weight is 259 g/mol. The summed E-state index contributed by atoms with van der Waals surface area (Å²) in [6, 6.07) is 1.51. The van der Waals surface area contributed by atoms with E-state index < -0.39 is 32.8 Å². The van der Waals surface area contributed by atoms with Crippen molar-refractivity contribution in [2.75, 3.05) is 0 Å². The number of alkyl halides is 3. The predicted molar refractivity (Wildman–Crippen MR) is 44.5 cm³/mol. The molecule has 2 N–H and O–H groups in total. The zero-order valence-electron chi connectivity index (χ0n) is 7.45. The summed E-state index contributed by atoms with van der Waals surface area (Å²) < 4.78 is 73.2. The molecular formula is C7H5F4NO3S. The fourth-order valence-electron chi connectivity index (χ4n) is 0.899. The van der Waals surface area contributed by atoms with Gasteiger partial charge in [-0.15, -0.1) is 13.2 Å². The lowest BCUT2D eigenvalue weighted by Crippen LogP contribution is -2.18. The van der Waals surface area contributed by atoms with E-state index in [1.807, 2.05) is 0 Å². The second-order valence-electron chi connectivity index (χ2n) is 2.69. The molecule has 0 spiro atoms. The molecule has 0 aliphatic heterocycles. The quantitative estimate of drug-likeness (QED) is 0.815. The van der Waals surface area contributed by atoms with Crippen LogP contribution in [0.3, 0.4) is 0 Å². The molecule has 90 valence electrons. The minimum Gasteiger partial charge on any atom is -0.406 e. The third kappa shape index (κ3) is 3.35. The van der Waals surface area contributed by atoms with Gasteiger partial charge in [-0.2, -0.15) is 0 Å². The smallest absolute Gasteiger partial charge is 0.406 e. The van der Waals surface area contributed by atoms with Crippen LogP contribution in [0.5, 0.6) is 5.75 Å². The Labute approximate surface area is 87.7 Å². The number of rotatable bonds is 2. The molecular weight excluding hydrogens is 254 g/mol. The molecule has 0 saturated carbocycles. The number of sulfonamides is 1. The van der Waals surface area contributed by atoms with E-state index in [4.69, 9.17) is 0 Å². The Bertz CT molecular complexity index is 497. The van der Waals surface area contributed by atoms with Gasteiger partial charge in [-0.3, -0.25) is 0 Å². The van der Waals surface area contributed by atoms with Gasteiger partial charge in [-0.25, -0.2) is 17.9 Å². The molecule has 0 aromatic heterocycles. The van der Waals surface area contributed by atoms with Gasteiger partial charge in [0.15, 0.2) is 0 Å². The summed E-state index contributed by atoms with van der Waals surface area (Å²) in [6.07, 6.45) is -4.99. The van der Waals surface area contributed by atoms with Crippen molar-refractivity contribution in [3.05, 3.63) is 24.0 Å². The lowest BCUT2D eigenvalue weighted by molar-refractivity contribution is -0.274. The number of halogens is 4. The SMILES string of the molecule is NS(=O)(=O)c1cc(OC(F)(F)F)ccc1F. The third-order valence-electron chi connectivity index (χ3n) is 1.44. The molecule has 1 aromatic carbocycles. The highest BCUT2D eigenvalue weighted by Crippen LogP contribution is 2.25. The molecule has 0 bridgehead atoms. The summed E-state index contributed by atoms with van der Waals surface area (Å²) >= 11 is 0. The van der Waals surface area contributed by atoms with Gasteiger partial charge in [-0.1, -0.05) is 0 Å². The largest absolute Gasteiger partial charge is 0.573 e. The van der Waals surface area contributed by atoms with Crippen LogP contribution in [0.25, 0.3) is 0 Å². The normalized spacial score (nSPS) is 12.6. The van der Waals surface area contributed by atoms with Crippen molar-refractivity contribution >= 4 is 10.0 Å². The van der Waals surface area contributed by atoms with E-state index in [2.05, 4.69) is 9.88 Å². The summed E-state index contributed by atoms with van der Waals surface area (Å²) in [5.41, 5.74) is 0. The number of nitrogens with two attached hydrogens (primary N) is 1. The van der Waals surface area contributed by atoms with Crippen LogP contribution in [-0.2, 0) is 10.0 Å². The van der Waals surface area contributed by atoms with Crippen molar-refractivity contribution in [1.82, 2.24) is 0 Å². The zero-order chi connectivity index (χ0) is 12.6. The van der Waals surface area contributed by atoms with Crippen molar-refractivity contribution in [3.63, 3.8) is 0 Å². The third-order valence-corrected chi connectivity index (χ3v) is 2.37. The van der Waals surface area contributed by atoms with Crippen molar-refractivity contribution in [1.29, 1.82) is 0 Å². The molecule has 0 atom stereocenters. The molecule has 0 radical (unpaired) electrons. The van der Waals surface area contributed by atoms with Gasteiger partial charge < -0.3 is 4.74 Å². The van der Waals surface area contributed by atoms with Gasteiger partial charge in [0.05, 0.1) is 0 Å². The maximum Gasteiger partial charge on any atom is 0.573 e. The highest BCUT2D eigenvalue weighted by molar-refractivity contribution is 7.89. The molecule has 1 rings (SSSR count). The lowest BCUT2D eigenvalue weighted by Gasteiger charge is -2.09. The van der Waals surface area contributed by atoms with Crippen LogP contribution >= 0.6 is 0 Å². The van der Waals surface area contributed by atoms with Crippen LogP contribution in [0.2, 0.25) is 0 Å². The summed E-state index contributed by atoms with van der Waals surface area (Å²) in [5, 5.41) is 4.59. The highest BCUT2D eigenvalue weighted by atomic mass is 32.2. The van der Waals surface area contributed by atoms with Crippen molar-refractivity contribution in [2.24, 2.45) is 5.14 Å². The van der Waals surface area contributed by atoms with E-state index in [-0.39, 0.29) is 0 Å². The van der Waals surface area contributed by atoms with E-state index in [9.17, 15) is 26.0 Å². The molecule has 0 amide bonds. The van der Waals surface area contributed by atoms with E-state index in [0.29, 0.717) is 18.2 Å². The van der Waals surface area contributed by atoms with Crippen LogP contribution in [-0.4, -0.2) is 14.8 Å². The summed E-state index contributed by atoms with van der Waals surface area (Å²) in [5.74, 6) is -2.12. The summed E-state index contributed by atoms with van der Waals surface area (Å²) in [4.78, 5) is -1.06. The van der Waals surface area contributed by atoms with E-state index in [0.717, 1.165) is 0 Å². The van der Waals surface area contributed by atoms with Gasteiger partial charge in [-0.05, 0) is 12.1 Å². The summed E-state index contributed by atoms with van der Waals surface area (Å²) in [7, 11) is -4.43. The Morgan fingerprint density at radius 2 is 1.81 bits per heavy atom. The first-order valence-electron chi connectivity index (χ1n) is 3.68. The zero-order valence-corrected chi connectivity index (χ0v) is 8.27. The highest BCUT2D eigenvalue weighted by Gasteiger charge is 2.31. The van der Waals surface area contributed by atoms with Gasteiger partial charge in [0.25, 0.3) is 0 Å². The number of ether oxygens (including phenoxy) is 1. The molecule has 1 aromatic rings. The standard InChI is InChI=1S/C7H5F4NO3S/c8-5-2-1-4(15-7(9,10)11)3-6(5)16(12,13)14/h1-3H,(H2,12,13,14). The van der Waals surface area contributed by atoms with E-state index >= 15 is 0 Å². The Balaban J connectivity index is 3.19. The minimum absolute atomic E-state index is 0.359. The monoisotopic (exact) mass is 259 g/mol. The van der Waals surface area contributed by atoms with Crippen LogP contribution in [0, 0.1) is 5.82 Å². The molecule has 9 heteroatoms. The molecule has 0 saturated heterocycles. The van der Waals surface area contributed by atoms with Crippen molar-refractivity contribution in [2.45, 2.75) is 11.3 Å². The molecule has 16 heavy (non-hydrogen) atoms.